The van der Waals surface area contributed by atoms with Crippen molar-refractivity contribution in [1.82, 2.24) is 19.6 Å². The molecule has 1 aromatic heterocycles. The van der Waals surface area contributed by atoms with Crippen LogP contribution in [0.15, 0.2) is 0 Å². The van der Waals surface area contributed by atoms with Crippen LogP contribution in [0.2, 0.25) is 5.02 Å². The number of aryl methyl sites for hydroxylation is 2. The maximum absolute atomic E-state index is 10.6. The van der Waals surface area contributed by atoms with Crippen molar-refractivity contribution in [2.24, 2.45) is 7.05 Å². The minimum atomic E-state index is -0.765. The number of aromatic nitrogens is 2. The fraction of sp³-hybridized carbons (Fsp3) is 0.667. The number of carbonyl (C=O) groups is 1. The van der Waals surface area contributed by atoms with Crippen LogP contribution >= 0.6 is 11.6 Å². The third-order valence-corrected chi connectivity index (χ3v) is 3.95. The summed E-state index contributed by atoms with van der Waals surface area (Å²) in [6.45, 7) is 6.05. The molecule has 6 nitrogen and oxygen atoms in total. The summed E-state index contributed by atoms with van der Waals surface area (Å²) in [5.41, 5.74) is 1.87. The summed E-state index contributed by atoms with van der Waals surface area (Å²) >= 11 is 6.23. The molecule has 2 rings (SSSR count). The lowest BCUT2D eigenvalue weighted by molar-refractivity contribution is -0.138. The molecule has 0 aliphatic carbocycles. The molecule has 0 radical (unpaired) electrons. The van der Waals surface area contributed by atoms with E-state index in [1.54, 1.807) is 0 Å². The zero-order valence-corrected chi connectivity index (χ0v) is 12.0. The SMILES string of the molecule is Cc1nn(C)c(CN2CCN(CC(=O)O)CC2)c1Cl. The highest BCUT2D eigenvalue weighted by Gasteiger charge is 2.21. The van der Waals surface area contributed by atoms with Crippen LogP contribution in [0.3, 0.4) is 0 Å². The van der Waals surface area contributed by atoms with Crippen LogP contribution in [-0.2, 0) is 18.4 Å². The first-order valence-electron chi connectivity index (χ1n) is 6.32. The lowest BCUT2D eigenvalue weighted by Crippen LogP contribution is -2.47. The van der Waals surface area contributed by atoms with E-state index in [0.717, 1.165) is 49.1 Å². The van der Waals surface area contributed by atoms with Gasteiger partial charge in [0.1, 0.15) is 0 Å². The number of hydrogen-bond acceptors (Lipinski definition) is 4. The standard InChI is InChI=1S/C12H19ClN4O2/c1-9-12(13)10(15(2)14-9)7-16-3-5-17(6-4-16)8-11(18)19/h3-8H2,1-2H3,(H,18,19). The van der Waals surface area contributed by atoms with Crippen LogP contribution in [-0.4, -0.2) is 63.4 Å². The molecule has 1 saturated heterocycles. The van der Waals surface area contributed by atoms with Crippen LogP contribution < -0.4 is 0 Å². The van der Waals surface area contributed by atoms with E-state index in [1.165, 1.54) is 0 Å². The summed E-state index contributed by atoms with van der Waals surface area (Å²) < 4.78 is 1.82. The van der Waals surface area contributed by atoms with Crippen molar-refractivity contribution in [1.29, 1.82) is 0 Å². The smallest absolute Gasteiger partial charge is 0.317 e. The molecule has 0 unspecified atom stereocenters. The second kappa shape index (κ2) is 5.90. The van der Waals surface area contributed by atoms with Crippen molar-refractivity contribution >= 4 is 17.6 Å². The van der Waals surface area contributed by atoms with Gasteiger partial charge in [0.2, 0.25) is 0 Å². The molecule has 0 bridgehead atoms. The predicted molar refractivity (Wildman–Crippen MR) is 72.3 cm³/mol. The average Bonchev–Trinajstić information content (AvgIpc) is 2.58. The molecule has 0 atom stereocenters. The summed E-state index contributed by atoms with van der Waals surface area (Å²) in [5, 5.41) is 13.8. The third kappa shape index (κ3) is 3.46. The average molecular weight is 287 g/mol. The molecule has 1 N–H and O–H groups in total. The number of rotatable bonds is 4. The summed E-state index contributed by atoms with van der Waals surface area (Å²) in [4.78, 5) is 14.9. The second-order valence-electron chi connectivity index (χ2n) is 4.92. The van der Waals surface area contributed by atoms with E-state index in [-0.39, 0.29) is 6.54 Å². The molecule has 1 fully saturated rings. The lowest BCUT2D eigenvalue weighted by atomic mass is 10.2. The van der Waals surface area contributed by atoms with Crippen molar-refractivity contribution in [2.45, 2.75) is 13.5 Å². The Kier molecular flexibility index (Phi) is 4.44. The van der Waals surface area contributed by atoms with Crippen LogP contribution in [0.25, 0.3) is 0 Å². The number of piperazine rings is 1. The predicted octanol–water partition coefficient (Wildman–Crippen LogP) is 0.584. The number of hydrogen-bond donors (Lipinski definition) is 1. The van der Waals surface area contributed by atoms with Crippen LogP contribution in [0.4, 0.5) is 0 Å². The fourth-order valence-corrected chi connectivity index (χ4v) is 2.58. The van der Waals surface area contributed by atoms with E-state index in [0.29, 0.717) is 0 Å². The van der Waals surface area contributed by atoms with Crippen molar-refractivity contribution in [3.63, 3.8) is 0 Å². The van der Waals surface area contributed by atoms with Crippen molar-refractivity contribution in [3.05, 3.63) is 16.4 Å². The Morgan fingerprint density at radius 1 is 1.32 bits per heavy atom. The Morgan fingerprint density at radius 3 is 2.37 bits per heavy atom. The Hall–Kier alpha value is -1.11. The molecule has 0 spiro atoms. The van der Waals surface area contributed by atoms with Gasteiger partial charge in [0.15, 0.2) is 0 Å². The molecule has 1 aliphatic rings. The van der Waals surface area contributed by atoms with E-state index in [4.69, 9.17) is 16.7 Å². The third-order valence-electron chi connectivity index (χ3n) is 3.46. The minimum Gasteiger partial charge on any atom is -0.480 e. The molecule has 0 amide bonds. The van der Waals surface area contributed by atoms with Gasteiger partial charge in [-0.1, -0.05) is 11.6 Å². The highest BCUT2D eigenvalue weighted by molar-refractivity contribution is 6.31. The first kappa shape index (κ1) is 14.3. The molecule has 0 saturated carbocycles. The Labute approximate surface area is 117 Å². The summed E-state index contributed by atoms with van der Waals surface area (Å²) in [6, 6.07) is 0. The van der Waals surface area contributed by atoms with E-state index in [2.05, 4.69) is 10.00 Å². The van der Waals surface area contributed by atoms with Crippen molar-refractivity contribution < 1.29 is 9.90 Å². The molecule has 2 heterocycles. The van der Waals surface area contributed by atoms with Gasteiger partial charge in [0, 0.05) is 39.8 Å². The minimum absolute atomic E-state index is 0.124. The maximum atomic E-state index is 10.6. The van der Waals surface area contributed by atoms with Crippen molar-refractivity contribution in [3.8, 4) is 0 Å². The van der Waals surface area contributed by atoms with Gasteiger partial charge in [0.25, 0.3) is 0 Å². The number of carboxylic acid groups (broad SMARTS) is 1. The zero-order chi connectivity index (χ0) is 14.0. The highest BCUT2D eigenvalue weighted by Crippen LogP contribution is 2.21. The fourth-order valence-electron chi connectivity index (χ4n) is 2.36. The Morgan fingerprint density at radius 2 is 1.89 bits per heavy atom. The normalized spacial score (nSPS) is 17.8. The second-order valence-corrected chi connectivity index (χ2v) is 5.29. The summed E-state index contributed by atoms with van der Waals surface area (Å²) in [7, 11) is 1.90. The van der Waals surface area contributed by atoms with Crippen molar-refractivity contribution in [2.75, 3.05) is 32.7 Å². The molecule has 19 heavy (non-hydrogen) atoms. The van der Waals surface area contributed by atoms with Gasteiger partial charge in [-0.15, -0.1) is 0 Å². The molecule has 1 aliphatic heterocycles. The van der Waals surface area contributed by atoms with Gasteiger partial charge in [-0.05, 0) is 6.92 Å². The quantitative estimate of drug-likeness (QED) is 0.877. The Bertz CT molecular complexity index is 467. The van der Waals surface area contributed by atoms with Crippen LogP contribution in [0.5, 0.6) is 0 Å². The van der Waals surface area contributed by atoms with Gasteiger partial charge >= 0.3 is 5.97 Å². The molecular weight excluding hydrogens is 268 g/mol. The number of carboxylic acids is 1. The van der Waals surface area contributed by atoms with Gasteiger partial charge in [-0.2, -0.15) is 5.10 Å². The van der Waals surface area contributed by atoms with Gasteiger partial charge < -0.3 is 5.11 Å². The molecular formula is C12H19ClN4O2. The van der Waals surface area contributed by atoms with Gasteiger partial charge in [-0.25, -0.2) is 0 Å². The molecule has 0 aromatic carbocycles. The van der Waals surface area contributed by atoms with E-state index in [1.807, 2.05) is 23.6 Å². The number of halogens is 1. The van der Waals surface area contributed by atoms with Gasteiger partial charge in [-0.3, -0.25) is 19.3 Å². The van der Waals surface area contributed by atoms with E-state index >= 15 is 0 Å². The molecule has 1 aromatic rings. The molecule has 106 valence electrons. The first-order chi connectivity index (χ1) is 8.97. The van der Waals surface area contributed by atoms with E-state index < -0.39 is 5.97 Å². The monoisotopic (exact) mass is 286 g/mol. The first-order valence-corrected chi connectivity index (χ1v) is 6.69. The zero-order valence-electron chi connectivity index (χ0n) is 11.3. The van der Waals surface area contributed by atoms with Gasteiger partial charge in [0.05, 0.1) is 23.0 Å². The number of nitrogens with zero attached hydrogens (tertiary/aromatic N) is 4. The van der Waals surface area contributed by atoms with E-state index in [9.17, 15) is 4.79 Å². The van der Waals surface area contributed by atoms with Crippen LogP contribution in [0, 0.1) is 6.92 Å². The Balaban J connectivity index is 1.90. The topological polar surface area (TPSA) is 61.6 Å². The maximum Gasteiger partial charge on any atom is 0.317 e. The highest BCUT2D eigenvalue weighted by atomic mass is 35.5. The summed E-state index contributed by atoms with van der Waals surface area (Å²) in [5.74, 6) is -0.765. The number of aliphatic carboxylic acids is 1. The summed E-state index contributed by atoms with van der Waals surface area (Å²) in [6.07, 6.45) is 0. The lowest BCUT2D eigenvalue weighted by Gasteiger charge is -2.33. The molecule has 7 heteroatoms. The largest absolute Gasteiger partial charge is 0.480 e. The van der Waals surface area contributed by atoms with Crippen LogP contribution in [0.1, 0.15) is 11.4 Å².